The number of imidazole rings is 1. The van der Waals surface area contributed by atoms with Gasteiger partial charge in [-0.1, -0.05) is 0 Å². The summed E-state index contributed by atoms with van der Waals surface area (Å²) in [5.41, 5.74) is 1.32. The Kier molecular flexibility index (Phi) is 4.18. The minimum absolute atomic E-state index is 0.494. The van der Waals surface area contributed by atoms with E-state index in [0.29, 0.717) is 12.1 Å². The van der Waals surface area contributed by atoms with Crippen molar-refractivity contribution in [1.29, 1.82) is 0 Å². The van der Waals surface area contributed by atoms with E-state index >= 15 is 0 Å². The van der Waals surface area contributed by atoms with Crippen LogP contribution in [-0.4, -0.2) is 40.6 Å². The van der Waals surface area contributed by atoms with E-state index in [1.807, 2.05) is 12.5 Å². The standard InChI is InChI=1S/C13H24N4/c1-11(2)17-10-15-8-13(17)9-16(3)12-4-6-14-7-5-12/h8,10-12,14H,4-7,9H2,1-3H3. The van der Waals surface area contributed by atoms with Crippen LogP contribution in [0.4, 0.5) is 0 Å². The number of hydrogen-bond donors (Lipinski definition) is 1. The van der Waals surface area contributed by atoms with Gasteiger partial charge < -0.3 is 9.88 Å². The smallest absolute Gasteiger partial charge is 0.0951 e. The van der Waals surface area contributed by atoms with Gasteiger partial charge in [0.2, 0.25) is 0 Å². The number of hydrogen-bond acceptors (Lipinski definition) is 3. The molecule has 17 heavy (non-hydrogen) atoms. The van der Waals surface area contributed by atoms with Crippen LogP contribution in [0.5, 0.6) is 0 Å². The van der Waals surface area contributed by atoms with Gasteiger partial charge in [0.1, 0.15) is 0 Å². The van der Waals surface area contributed by atoms with Crippen molar-refractivity contribution in [3.8, 4) is 0 Å². The van der Waals surface area contributed by atoms with Crippen molar-refractivity contribution in [2.24, 2.45) is 0 Å². The summed E-state index contributed by atoms with van der Waals surface area (Å²) in [6.07, 6.45) is 6.45. The molecule has 1 aliphatic rings. The third-order valence-corrected chi connectivity index (χ3v) is 3.65. The first kappa shape index (κ1) is 12.6. The Morgan fingerprint density at radius 1 is 1.47 bits per heavy atom. The Labute approximate surface area is 104 Å². The minimum Gasteiger partial charge on any atom is -0.331 e. The molecule has 0 amide bonds. The summed E-state index contributed by atoms with van der Waals surface area (Å²) in [5, 5.41) is 3.41. The van der Waals surface area contributed by atoms with E-state index in [4.69, 9.17) is 0 Å². The van der Waals surface area contributed by atoms with E-state index < -0.39 is 0 Å². The molecule has 2 rings (SSSR count). The molecule has 1 N–H and O–H groups in total. The first-order chi connectivity index (χ1) is 8.18. The second-order valence-electron chi connectivity index (χ2n) is 5.28. The average Bonchev–Trinajstić information content (AvgIpc) is 2.78. The molecule has 0 unspecified atom stereocenters. The lowest BCUT2D eigenvalue weighted by Crippen LogP contribution is -2.41. The molecule has 0 aromatic carbocycles. The van der Waals surface area contributed by atoms with Crippen molar-refractivity contribution < 1.29 is 0 Å². The quantitative estimate of drug-likeness (QED) is 0.863. The van der Waals surface area contributed by atoms with Gasteiger partial charge in [-0.05, 0) is 46.8 Å². The van der Waals surface area contributed by atoms with Crippen LogP contribution in [0.2, 0.25) is 0 Å². The van der Waals surface area contributed by atoms with Gasteiger partial charge in [0.15, 0.2) is 0 Å². The second-order valence-corrected chi connectivity index (χ2v) is 5.28. The molecule has 1 fully saturated rings. The van der Waals surface area contributed by atoms with E-state index in [1.54, 1.807) is 0 Å². The van der Waals surface area contributed by atoms with Crippen LogP contribution in [-0.2, 0) is 6.54 Å². The summed E-state index contributed by atoms with van der Waals surface area (Å²) in [6.45, 7) is 7.71. The van der Waals surface area contributed by atoms with Crippen LogP contribution in [0, 0.1) is 0 Å². The fourth-order valence-electron chi connectivity index (χ4n) is 2.55. The molecule has 0 atom stereocenters. The minimum atomic E-state index is 0.494. The molecule has 2 heterocycles. The van der Waals surface area contributed by atoms with Crippen molar-refractivity contribution in [2.75, 3.05) is 20.1 Å². The number of aromatic nitrogens is 2. The van der Waals surface area contributed by atoms with E-state index in [9.17, 15) is 0 Å². The number of nitrogens with one attached hydrogen (secondary N) is 1. The predicted molar refractivity (Wildman–Crippen MR) is 70.0 cm³/mol. The van der Waals surface area contributed by atoms with Gasteiger partial charge in [-0.15, -0.1) is 0 Å². The Bertz CT molecular complexity index is 339. The zero-order valence-electron chi connectivity index (χ0n) is 11.2. The van der Waals surface area contributed by atoms with Crippen LogP contribution in [0.25, 0.3) is 0 Å². The first-order valence-corrected chi connectivity index (χ1v) is 6.60. The van der Waals surface area contributed by atoms with Crippen molar-refractivity contribution >= 4 is 0 Å². The van der Waals surface area contributed by atoms with Gasteiger partial charge in [-0.25, -0.2) is 4.98 Å². The largest absolute Gasteiger partial charge is 0.331 e. The topological polar surface area (TPSA) is 33.1 Å². The molecule has 1 aromatic heterocycles. The molecule has 0 bridgehead atoms. The van der Waals surface area contributed by atoms with E-state index in [-0.39, 0.29) is 0 Å². The van der Waals surface area contributed by atoms with E-state index in [0.717, 1.165) is 19.6 Å². The lowest BCUT2D eigenvalue weighted by molar-refractivity contribution is 0.187. The summed E-state index contributed by atoms with van der Waals surface area (Å²) < 4.78 is 2.26. The molecule has 0 spiro atoms. The monoisotopic (exact) mass is 236 g/mol. The van der Waals surface area contributed by atoms with Gasteiger partial charge in [0.25, 0.3) is 0 Å². The van der Waals surface area contributed by atoms with Crippen LogP contribution >= 0.6 is 0 Å². The van der Waals surface area contributed by atoms with E-state index in [2.05, 4.69) is 40.7 Å². The Morgan fingerprint density at radius 3 is 2.82 bits per heavy atom. The van der Waals surface area contributed by atoms with Crippen molar-refractivity contribution in [2.45, 2.75) is 45.3 Å². The Balaban J connectivity index is 1.97. The van der Waals surface area contributed by atoms with E-state index in [1.165, 1.54) is 18.5 Å². The highest BCUT2D eigenvalue weighted by Gasteiger charge is 2.19. The summed E-state index contributed by atoms with van der Waals surface area (Å²) in [4.78, 5) is 6.73. The maximum atomic E-state index is 4.27. The second kappa shape index (κ2) is 5.65. The number of nitrogens with zero attached hydrogens (tertiary/aromatic N) is 3. The van der Waals surface area contributed by atoms with Crippen LogP contribution in [0.3, 0.4) is 0 Å². The molecule has 1 saturated heterocycles. The molecular formula is C13H24N4. The highest BCUT2D eigenvalue weighted by Crippen LogP contribution is 2.15. The lowest BCUT2D eigenvalue weighted by atomic mass is 10.1. The molecule has 0 aliphatic carbocycles. The average molecular weight is 236 g/mol. The zero-order chi connectivity index (χ0) is 12.3. The molecule has 4 heteroatoms. The first-order valence-electron chi connectivity index (χ1n) is 6.60. The van der Waals surface area contributed by atoms with Crippen molar-refractivity contribution in [3.63, 3.8) is 0 Å². The zero-order valence-corrected chi connectivity index (χ0v) is 11.2. The summed E-state index contributed by atoms with van der Waals surface area (Å²) >= 11 is 0. The van der Waals surface area contributed by atoms with Crippen LogP contribution in [0.15, 0.2) is 12.5 Å². The van der Waals surface area contributed by atoms with Crippen molar-refractivity contribution in [3.05, 3.63) is 18.2 Å². The van der Waals surface area contributed by atoms with Gasteiger partial charge in [0.05, 0.1) is 12.0 Å². The SMILES string of the molecule is CC(C)n1cncc1CN(C)C1CCNCC1. The van der Waals surface area contributed by atoms with Gasteiger partial charge in [-0.3, -0.25) is 4.90 Å². The predicted octanol–water partition coefficient (Wildman–Crippen LogP) is 1.65. The molecular weight excluding hydrogens is 212 g/mol. The highest BCUT2D eigenvalue weighted by atomic mass is 15.2. The summed E-state index contributed by atoms with van der Waals surface area (Å²) in [7, 11) is 2.23. The van der Waals surface area contributed by atoms with Crippen molar-refractivity contribution in [1.82, 2.24) is 19.8 Å². The summed E-state index contributed by atoms with van der Waals surface area (Å²) in [6, 6.07) is 1.21. The Hall–Kier alpha value is -0.870. The molecule has 4 nitrogen and oxygen atoms in total. The third-order valence-electron chi connectivity index (χ3n) is 3.65. The normalized spacial score (nSPS) is 18.2. The molecule has 96 valence electrons. The number of piperidine rings is 1. The molecule has 1 aliphatic heterocycles. The maximum absolute atomic E-state index is 4.27. The summed E-state index contributed by atoms with van der Waals surface area (Å²) in [5.74, 6) is 0. The number of rotatable bonds is 4. The van der Waals surface area contributed by atoms with Crippen LogP contribution < -0.4 is 5.32 Å². The van der Waals surface area contributed by atoms with Gasteiger partial charge in [0, 0.05) is 24.8 Å². The molecule has 1 aromatic rings. The fourth-order valence-corrected chi connectivity index (χ4v) is 2.55. The lowest BCUT2D eigenvalue weighted by Gasteiger charge is -2.31. The fraction of sp³-hybridized carbons (Fsp3) is 0.769. The van der Waals surface area contributed by atoms with Crippen LogP contribution in [0.1, 0.15) is 38.4 Å². The highest BCUT2D eigenvalue weighted by molar-refractivity contribution is 5.00. The third kappa shape index (κ3) is 3.07. The maximum Gasteiger partial charge on any atom is 0.0951 e. The molecule has 0 saturated carbocycles. The van der Waals surface area contributed by atoms with Gasteiger partial charge in [-0.2, -0.15) is 0 Å². The Morgan fingerprint density at radius 2 is 2.18 bits per heavy atom. The molecule has 0 radical (unpaired) electrons. The van der Waals surface area contributed by atoms with Gasteiger partial charge >= 0.3 is 0 Å².